The molecule has 74 valence electrons. The molecular formula is C9H17N3O. The van der Waals surface area contributed by atoms with Crippen LogP contribution in [0.2, 0.25) is 0 Å². The van der Waals surface area contributed by atoms with Crippen molar-refractivity contribution in [1.82, 2.24) is 14.5 Å². The van der Waals surface area contributed by atoms with Crippen LogP contribution in [0.5, 0.6) is 0 Å². The Morgan fingerprint density at radius 2 is 2.31 bits per heavy atom. The number of aromatic nitrogens is 2. The molecule has 1 unspecified atom stereocenters. The topological polar surface area (TPSA) is 41.3 Å². The van der Waals surface area contributed by atoms with Crippen molar-refractivity contribution >= 4 is 0 Å². The lowest BCUT2D eigenvalue weighted by Crippen LogP contribution is -2.28. The van der Waals surface area contributed by atoms with Gasteiger partial charge in [-0.25, -0.2) is 4.98 Å². The third kappa shape index (κ3) is 3.16. The quantitative estimate of drug-likeness (QED) is 0.708. The molecule has 0 spiro atoms. The van der Waals surface area contributed by atoms with Crippen LogP contribution in [0.3, 0.4) is 0 Å². The average Bonchev–Trinajstić information content (AvgIpc) is 2.34. The minimum absolute atomic E-state index is 0.337. The molecule has 13 heavy (non-hydrogen) atoms. The number of aryl methyl sites for hydroxylation is 1. The number of likely N-dealkylation sites (N-methyl/N-ethyl adjacent to an activating group) is 1. The highest BCUT2D eigenvalue weighted by atomic mass is 16.3. The minimum Gasteiger partial charge on any atom is -0.391 e. The van der Waals surface area contributed by atoms with Crippen molar-refractivity contribution in [3.05, 3.63) is 18.2 Å². The Hall–Kier alpha value is -0.870. The van der Waals surface area contributed by atoms with Crippen molar-refractivity contribution in [1.29, 1.82) is 0 Å². The molecule has 0 radical (unpaired) electrons. The molecule has 0 aliphatic carbocycles. The first kappa shape index (κ1) is 10.2. The summed E-state index contributed by atoms with van der Waals surface area (Å²) in [5.41, 5.74) is 0. The van der Waals surface area contributed by atoms with Crippen molar-refractivity contribution in [3.63, 3.8) is 0 Å². The fraction of sp³-hybridized carbons (Fsp3) is 0.667. The van der Waals surface area contributed by atoms with Crippen molar-refractivity contribution in [2.45, 2.75) is 12.5 Å². The third-order valence-electron chi connectivity index (χ3n) is 1.92. The highest BCUT2D eigenvalue weighted by Gasteiger charge is 2.09. The zero-order valence-corrected chi connectivity index (χ0v) is 8.44. The van der Waals surface area contributed by atoms with Gasteiger partial charge in [-0.15, -0.1) is 0 Å². The van der Waals surface area contributed by atoms with Crippen LogP contribution in [0.4, 0.5) is 0 Å². The highest BCUT2D eigenvalue weighted by Crippen LogP contribution is 2.00. The van der Waals surface area contributed by atoms with Crippen LogP contribution in [-0.4, -0.2) is 46.3 Å². The summed E-state index contributed by atoms with van der Waals surface area (Å²) in [4.78, 5) is 6.11. The Balaban J connectivity index is 2.45. The van der Waals surface area contributed by atoms with Gasteiger partial charge in [-0.2, -0.15) is 0 Å². The van der Waals surface area contributed by atoms with E-state index in [-0.39, 0.29) is 6.10 Å². The van der Waals surface area contributed by atoms with Crippen molar-refractivity contribution in [2.24, 2.45) is 7.05 Å². The van der Waals surface area contributed by atoms with Crippen LogP contribution >= 0.6 is 0 Å². The largest absolute Gasteiger partial charge is 0.391 e. The van der Waals surface area contributed by atoms with Crippen LogP contribution in [0.25, 0.3) is 0 Å². The van der Waals surface area contributed by atoms with Gasteiger partial charge in [0, 0.05) is 32.4 Å². The molecule has 0 aliphatic heterocycles. The standard InChI is InChI=1S/C9H17N3O/c1-11(2)7-8(13)6-9-10-4-5-12(9)3/h4-5,8,13H,6-7H2,1-3H3. The van der Waals surface area contributed by atoms with Crippen LogP contribution in [0.1, 0.15) is 5.82 Å². The molecule has 4 heteroatoms. The molecule has 0 saturated heterocycles. The van der Waals surface area contributed by atoms with Gasteiger partial charge in [0.1, 0.15) is 5.82 Å². The second kappa shape index (κ2) is 4.39. The second-order valence-electron chi connectivity index (χ2n) is 3.57. The molecule has 1 aromatic rings. The molecular weight excluding hydrogens is 166 g/mol. The lowest BCUT2D eigenvalue weighted by molar-refractivity contribution is 0.134. The summed E-state index contributed by atoms with van der Waals surface area (Å²) in [5.74, 6) is 0.925. The Bertz CT molecular complexity index is 257. The molecule has 1 heterocycles. The molecule has 0 saturated carbocycles. The molecule has 0 aromatic carbocycles. The Morgan fingerprint density at radius 3 is 2.77 bits per heavy atom. The van der Waals surface area contributed by atoms with E-state index < -0.39 is 0 Å². The number of aliphatic hydroxyl groups excluding tert-OH is 1. The maximum atomic E-state index is 9.62. The molecule has 0 amide bonds. The first-order valence-electron chi connectivity index (χ1n) is 4.38. The summed E-state index contributed by atoms with van der Waals surface area (Å²) in [6, 6.07) is 0. The molecule has 0 bridgehead atoms. The summed E-state index contributed by atoms with van der Waals surface area (Å²) >= 11 is 0. The monoisotopic (exact) mass is 183 g/mol. The lowest BCUT2D eigenvalue weighted by atomic mass is 10.2. The maximum absolute atomic E-state index is 9.62. The van der Waals surface area contributed by atoms with Crippen LogP contribution in [-0.2, 0) is 13.5 Å². The molecule has 4 nitrogen and oxygen atoms in total. The summed E-state index contributed by atoms with van der Waals surface area (Å²) in [6.45, 7) is 0.673. The number of imidazole rings is 1. The van der Waals surface area contributed by atoms with E-state index in [1.807, 2.05) is 36.8 Å². The summed E-state index contributed by atoms with van der Waals surface area (Å²) in [5, 5.41) is 9.62. The lowest BCUT2D eigenvalue weighted by Gasteiger charge is -2.15. The molecule has 0 fully saturated rings. The number of hydrogen-bond donors (Lipinski definition) is 1. The van der Waals surface area contributed by atoms with E-state index in [1.54, 1.807) is 6.20 Å². The van der Waals surface area contributed by atoms with Gasteiger partial charge in [0.15, 0.2) is 0 Å². The summed E-state index contributed by atoms with van der Waals surface area (Å²) < 4.78 is 1.93. The third-order valence-corrected chi connectivity index (χ3v) is 1.92. The highest BCUT2D eigenvalue weighted by molar-refractivity contribution is 4.93. The van der Waals surface area contributed by atoms with E-state index in [4.69, 9.17) is 0 Å². The van der Waals surface area contributed by atoms with Gasteiger partial charge in [0.05, 0.1) is 6.10 Å². The zero-order chi connectivity index (χ0) is 9.84. The number of nitrogens with zero attached hydrogens (tertiary/aromatic N) is 3. The van der Waals surface area contributed by atoms with Gasteiger partial charge >= 0.3 is 0 Å². The predicted molar refractivity (Wildman–Crippen MR) is 51.5 cm³/mol. The minimum atomic E-state index is -0.337. The van der Waals surface area contributed by atoms with E-state index in [2.05, 4.69) is 4.98 Å². The van der Waals surface area contributed by atoms with Gasteiger partial charge in [-0.1, -0.05) is 0 Å². The van der Waals surface area contributed by atoms with Gasteiger partial charge in [0.25, 0.3) is 0 Å². The molecule has 0 aliphatic rings. The normalized spacial score (nSPS) is 13.6. The van der Waals surface area contributed by atoms with E-state index in [1.165, 1.54) is 0 Å². The molecule has 1 rings (SSSR count). The van der Waals surface area contributed by atoms with E-state index in [9.17, 15) is 5.11 Å². The summed E-state index contributed by atoms with van der Waals surface area (Å²) in [6.07, 6.45) is 3.91. The first-order chi connectivity index (χ1) is 6.09. The average molecular weight is 183 g/mol. The van der Waals surface area contributed by atoms with E-state index in [0.717, 1.165) is 5.82 Å². The smallest absolute Gasteiger partial charge is 0.111 e. The number of rotatable bonds is 4. The fourth-order valence-electron chi connectivity index (χ4n) is 1.29. The van der Waals surface area contributed by atoms with Gasteiger partial charge in [-0.05, 0) is 14.1 Å². The Kier molecular flexibility index (Phi) is 3.45. The first-order valence-corrected chi connectivity index (χ1v) is 4.38. The summed E-state index contributed by atoms with van der Waals surface area (Å²) in [7, 11) is 5.83. The van der Waals surface area contributed by atoms with Crippen molar-refractivity contribution < 1.29 is 5.11 Å². The fourth-order valence-corrected chi connectivity index (χ4v) is 1.29. The molecule has 1 atom stereocenters. The van der Waals surface area contributed by atoms with Crippen LogP contribution in [0, 0.1) is 0 Å². The van der Waals surface area contributed by atoms with E-state index >= 15 is 0 Å². The number of hydrogen-bond acceptors (Lipinski definition) is 3. The van der Waals surface area contributed by atoms with Gasteiger partial charge < -0.3 is 14.6 Å². The van der Waals surface area contributed by atoms with Crippen molar-refractivity contribution in [3.8, 4) is 0 Å². The van der Waals surface area contributed by atoms with Crippen LogP contribution in [0.15, 0.2) is 12.4 Å². The SMILES string of the molecule is CN(C)CC(O)Cc1nccn1C. The predicted octanol–water partition coefficient (Wildman–Crippen LogP) is -0.115. The Labute approximate surface area is 78.8 Å². The number of aliphatic hydroxyl groups is 1. The van der Waals surface area contributed by atoms with Crippen LogP contribution < -0.4 is 0 Å². The maximum Gasteiger partial charge on any atom is 0.111 e. The molecule has 1 N–H and O–H groups in total. The van der Waals surface area contributed by atoms with Gasteiger partial charge in [0.2, 0.25) is 0 Å². The van der Waals surface area contributed by atoms with E-state index in [0.29, 0.717) is 13.0 Å². The Morgan fingerprint density at radius 1 is 1.62 bits per heavy atom. The van der Waals surface area contributed by atoms with Crippen molar-refractivity contribution in [2.75, 3.05) is 20.6 Å². The molecule has 1 aromatic heterocycles. The zero-order valence-electron chi connectivity index (χ0n) is 8.44. The second-order valence-corrected chi connectivity index (χ2v) is 3.57. The van der Waals surface area contributed by atoms with Gasteiger partial charge in [-0.3, -0.25) is 0 Å².